The molecule has 0 saturated carbocycles. The second-order valence-corrected chi connectivity index (χ2v) is 6.16. The molecule has 6 nitrogen and oxygen atoms in total. The van der Waals surface area contributed by atoms with Gasteiger partial charge in [0.2, 0.25) is 0 Å². The summed E-state index contributed by atoms with van der Waals surface area (Å²) in [6, 6.07) is 6.55. The van der Waals surface area contributed by atoms with E-state index in [9.17, 15) is 9.59 Å². The van der Waals surface area contributed by atoms with E-state index in [0.29, 0.717) is 13.0 Å². The van der Waals surface area contributed by atoms with E-state index in [0.717, 1.165) is 11.1 Å². The van der Waals surface area contributed by atoms with Crippen LogP contribution in [0.15, 0.2) is 24.3 Å². The highest BCUT2D eigenvalue weighted by atomic mass is 16.6. The van der Waals surface area contributed by atoms with Crippen LogP contribution in [0.3, 0.4) is 0 Å². The van der Waals surface area contributed by atoms with Gasteiger partial charge in [-0.15, -0.1) is 0 Å². The van der Waals surface area contributed by atoms with Crippen molar-refractivity contribution in [2.75, 3.05) is 6.54 Å². The number of carbonyl (C=O) groups is 2. The van der Waals surface area contributed by atoms with Gasteiger partial charge in [-0.05, 0) is 38.3 Å². The van der Waals surface area contributed by atoms with Crippen molar-refractivity contribution in [2.45, 2.75) is 45.4 Å². The molecule has 0 fully saturated rings. The van der Waals surface area contributed by atoms with Crippen LogP contribution in [0.4, 0.5) is 0 Å². The van der Waals surface area contributed by atoms with Crippen LogP contribution in [-0.2, 0) is 27.3 Å². The highest BCUT2D eigenvalue weighted by molar-refractivity contribution is 5.73. The first-order chi connectivity index (χ1) is 10.2. The lowest BCUT2D eigenvalue weighted by Gasteiger charge is -2.19. The molecule has 1 aromatic rings. The fourth-order valence-corrected chi connectivity index (χ4v) is 1.82. The molecule has 0 unspecified atom stereocenters. The number of nitrogens with one attached hydrogen (secondary N) is 1. The number of hydrogen-bond acceptors (Lipinski definition) is 5. The van der Waals surface area contributed by atoms with Crippen molar-refractivity contribution < 1.29 is 19.4 Å². The molecule has 1 rings (SSSR count). The lowest BCUT2D eigenvalue weighted by Crippen LogP contribution is -2.32. The monoisotopic (exact) mass is 308 g/mol. The lowest BCUT2D eigenvalue weighted by atomic mass is 10.0. The summed E-state index contributed by atoms with van der Waals surface area (Å²) in [5.41, 5.74) is 6.87. The van der Waals surface area contributed by atoms with Crippen molar-refractivity contribution >= 4 is 11.9 Å². The maximum atomic E-state index is 11.5. The van der Waals surface area contributed by atoms with E-state index >= 15 is 0 Å². The Balaban J connectivity index is 2.39. The van der Waals surface area contributed by atoms with Crippen LogP contribution in [0.2, 0.25) is 0 Å². The Labute approximate surface area is 130 Å². The number of carboxylic acid groups (broad SMARTS) is 1. The van der Waals surface area contributed by atoms with Gasteiger partial charge in [0.15, 0.2) is 0 Å². The molecule has 0 spiro atoms. The highest BCUT2D eigenvalue weighted by Gasteiger charge is 2.15. The summed E-state index contributed by atoms with van der Waals surface area (Å²) in [7, 11) is 0. The summed E-state index contributed by atoms with van der Waals surface area (Å²) in [6.07, 6.45) is 0.293. The Kier molecular flexibility index (Phi) is 6.52. The standard InChI is InChI=1S/C16H24N2O4/c1-16(2,3)22-14(19)10-18-9-12-6-4-11(5-7-12)8-13(17)15(20)21/h4-7,13,18H,8-10,17H2,1-3H3,(H,20,21)/t13-/m0/s1. The van der Waals surface area contributed by atoms with E-state index in [1.165, 1.54) is 0 Å². The minimum Gasteiger partial charge on any atom is -0.480 e. The fraction of sp³-hybridized carbons (Fsp3) is 0.500. The largest absolute Gasteiger partial charge is 0.480 e. The molecule has 0 radical (unpaired) electrons. The van der Waals surface area contributed by atoms with E-state index in [2.05, 4.69) is 5.32 Å². The Morgan fingerprint density at radius 1 is 1.23 bits per heavy atom. The topological polar surface area (TPSA) is 102 Å². The number of carbonyl (C=O) groups excluding carboxylic acids is 1. The number of rotatable bonds is 7. The average molecular weight is 308 g/mol. The fourth-order valence-electron chi connectivity index (χ4n) is 1.82. The molecule has 0 aliphatic carbocycles. The normalized spacial score (nSPS) is 12.7. The highest BCUT2D eigenvalue weighted by Crippen LogP contribution is 2.08. The molecule has 6 heteroatoms. The van der Waals surface area contributed by atoms with Crippen molar-refractivity contribution in [3.63, 3.8) is 0 Å². The molecule has 0 saturated heterocycles. The molecule has 0 bridgehead atoms. The lowest BCUT2D eigenvalue weighted by molar-refractivity contribution is -0.153. The first kappa shape index (κ1) is 18.1. The van der Waals surface area contributed by atoms with Crippen molar-refractivity contribution in [3.05, 3.63) is 35.4 Å². The van der Waals surface area contributed by atoms with Gasteiger partial charge in [-0.2, -0.15) is 0 Å². The Morgan fingerprint density at radius 3 is 2.27 bits per heavy atom. The maximum Gasteiger partial charge on any atom is 0.320 e. The molecule has 0 heterocycles. The number of ether oxygens (including phenoxy) is 1. The van der Waals surface area contributed by atoms with Gasteiger partial charge in [0.25, 0.3) is 0 Å². The van der Waals surface area contributed by atoms with Gasteiger partial charge >= 0.3 is 11.9 Å². The zero-order chi connectivity index (χ0) is 16.8. The average Bonchev–Trinajstić information content (AvgIpc) is 2.38. The summed E-state index contributed by atoms with van der Waals surface area (Å²) in [5, 5.41) is 11.8. The van der Waals surface area contributed by atoms with Gasteiger partial charge in [0.05, 0.1) is 6.54 Å². The van der Waals surface area contributed by atoms with Crippen molar-refractivity contribution in [2.24, 2.45) is 5.73 Å². The third-order valence-corrected chi connectivity index (χ3v) is 2.81. The number of aliphatic carboxylic acids is 1. The minimum atomic E-state index is -1.01. The van der Waals surface area contributed by atoms with E-state index in [1.807, 2.05) is 45.0 Å². The number of carboxylic acids is 1. The van der Waals surface area contributed by atoms with Gasteiger partial charge in [-0.3, -0.25) is 9.59 Å². The van der Waals surface area contributed by atoms with Gasteiger partial charge in [0.1, 0.15) is 11.6 Å². The Hall–Kier alpha value is -1.92. The summed E-state index contributed by atoms with van der Waals surface area (Å²) in [6.45, 7) is 6.15. The van der Waals surface area contributed by atoms with Gasteiger partial charge in [-0.1, -0.05) is 24.3 Å². The summed E-state index contributed by atoms with van der Waals surface area (Å²) in [5.74, 6) is -1.31. The molecule has 0 aromatic heterocycles. The third kappa shape index (κ3) is 7.19. The van der Waals surface area contributed by atoms with Gasteiger partial charge < -0.3 is 20.9 Å². The van der Waals surface area contributed by atoms with E-state index in [1.54, 1.807) is 0 Å². The first-order valence-corrected chi connectivity index (χ1v) is 7.16. The smallest absolute Gasteiger partial charge is 0.320 e. The zero-order valence-electron chi connectivity index (χ0n) is 13.3. The molecule has 1 atom stereocenters. The number of hydrogen-bond donors (Lipinski definition) is 3. The predicted octanol–water partition coefficient (Wildman–Crippen LogP) is 1.07. The summed E-state index contributed by atoms with van der Waals surface area (Å²) in [4.78, 5) is 22.2. The van der Waals surface area contributed by atoms with E-state index in [-0.39, 0.29) is 12.5 Å². The van der Waals surface area contributed by atoms with Gasteiger partial charge in [-0.25, -0.2) is 0 Å². The van der Waals surface area contributed by atoms with Crippen LogP contribution < -0.4 is 11.1 Å². The number of benzene rings is 1. The minimum absolute atomic E-state index is 0.142. The second-order valence-electron chi connectivity index (χ2n) is 6.16. The van der Waals surface area contributed by atoms with Crippen LogP contribution in [0.1, 0.15) is 31.9 Å². The maximum absolute atomic E-state index is 11.5. The molecular formula is C16H24N2O4. The van der Waals surface area contributed by atoms with Crippen LogP contribution in [-0.4, -0.2) is 35.2 Å². The van der Waals surface area contributed by atoms with Crippen LogP contribution in [0.25, 0.3) is 0 Å². The Bertz CT molecular complexity index is 506. The zero-order valence-corrected chi connectivity index (χ0v) is 13.3. The van der Waals surface area contributed by atoms with Crippen LogP contribution in [0.5, 0.6) is 0 Å². The van der Waals surface area contributed by atoms with Crippen LogP contribution in [0, 0.1) is 0 Å². The summed E-state index contributed by atoms with van der Waals surface area (Å²) >= 11 is 0. The molecule has 122 valence electrons. The van der Waals surface area contributed by atoms with Crippen molar-refractivity contribution in [1.29, 1.82) is 0 Å². The van der Waals surface area contributed by atoms with E-state index < -0.39 is 17.6 Å². The molecule has 0 aliphatic heterocycles. The molecule has 1 aromatic carbocycles. The number of esters is 1. The quantitative estimate of drug-likeness (QED) is 0.651. The summed E-state index contributed by atoms with van der Waals surface area (Å²) < 4.78 is 5.19. The van der Waals surface area contributed by atoms with Gasteiger partial charge in [0, 0.05) is 6.54 Å². The molecular weight excluding hydrogens is 284 g/mol. The molecule has 0 amide bonds. The second kappa shape index (κ2) is 7.91. The SMILES string of the molecule is CC(C)(C)OC(=O)CNCc1ccc(C[C@H](N)C(=O)O)cc1. The third-order valence-electron chi connectivity index (χ3n) is 2.81. The van der Waals surface area contributed by atoms with Crippen LogP contribution >= 0.6 is 0 Å². The predicted molar refractivity (Wildman–Crippen MR) is 83.3 cm³/mol. The molecule has 4 N–H and O–H groups in total. The first-order valence-electron chi connectivity index (χ1n) is 7.16. The molecule has 22 heavy (non-hydrogen) atoms. The Morgan fingerprint density at radius 2 is 1.77 bits per heavy atom. The number of nitrogens with two attached hydrogens (primary N) is 1. The van der Waals surface area contributed by atoms with Crippen molar-refractivity contribution in [1.82, 2.24) is 5.32 Å². The van der Waals surface area contributed by atoms with Crippen molar-refractivity contribution in [3.8, 4) is 0 Å². The molecule has 0 aliphatic rings. The van der Waals surface area contributed by atoms with E-state index in [4.69, 9.17) is 15.6 Å².